The van der Waals surface area contributed by atoms with Gasteiger partial charge in [0.1, 0.15) is 6.04 Å². The summed E-state index contributed by atoms with van der Waals surface area (Å²) in [4.78, 5) is 5.89. The zero-order chi connectivity index (χ0) is 24.2. The minimum Gasteiger partial charge on any atom is -0.377 e. The summed E-state index contributed by atoms with van der Waals surface area (Å²) in [5.74, 6) is -0.460. The van der Waals surface area contributed by atoms with Gasteiger partial charge >= 0.3 is 6.18 Å². The molecule has 1 aliphatic rings. The Morgan fingerprint density at radius 2 is 1.81 bits per heavy atom. The normalized spacial score (nSPS) is 19.4. The van der Waals surface area contributed by atoms with Gasteiger partial charge in [0.15, 0.2) is 0 Å². The zero-order valence-corrected chi connectivity index (χ0v) is 21.6. The zero-order valence-electron chi connectivity index (χ0n) is 19.2. The monoisotopic (exact) mass is 577 g/mol. The topological polar surface area (TPSA) is 71.5 Å². The highest BCUT2D eigenvalue weighted by Crippen LogP contribution is 2.34. The van der Waals surface area contributed by atoms with Gasteiger partial charge in [-0.15, -0.1) is 24.8 Å². The summed E-state index contributed by atoms with van der Waals surface area (Å²) < 4.78 is 83.5. The Morgan fingerprint density at radius 3 is 2.31 bits per heavy atom. The maximum absolute atomic E-state index is 13.3. The molecule has 1 fully saturated rings. The van der Waals surface area contributed by atoms with E-state index >= 15 is 0 Å². The smallest absolute Gasteiger partial charge is 0.377 e. The van der Waals surface area contributed by atoms with E-state index in [1.54, 1.807) is 22.9 Å². The molecular formula is C23H33Cl2F4N3O3S. The third-order valence-electron chi connectivity index (χ3n) is 5.58. The van der Waals surface area contributed by atoms with Crippen molar-refractivity contribution in [3.8, 4) is 0 Å². The van der Waals surface area contributed by atoms with E-state index in [4.69, 9.17) is 4.74 Å². The summed E-state index contributed by atoms with van der Waals surface area (Å²) in [7, 11) is -4.05. The van der Waals surface area contributed by atoms with Crippen molar-refractivity contribution in [1.82, 2.24) is 14.6 Å². The lowest BCUT2D eigenvalue weighted by atomic mass is 9.87. The fourth-order valence-electron chi connectivity index (χ4n) is 4.11. The predicted octanol–water partition coefficient (Wildman–Crippen LogP) is 5.25. The SMILES string of the molecule is C.CCOC1CN(Cc2ccc([C@H](NS(C)(=O)=O)C(F)(F)F)cc2)CCC1c1ccc(F)nc1.Cl.Cl. The van der Waals surface area contributed by atoms with Crippen molar-refractivity contribution in [2.75, 3.05) is 26.0 Å². The molecule has 36 heavy (non-hydrogen) atoms. The standard InChI is InChI=1S/C22H27F4N3O3S.CH4.2ClH/c1-3-32-19-14-29(11-10-18(19)17-8-9-20(23)27-12-17)13-15-4-6-16(7-5-15)21(22(24,25)26)28-33(2,30)31;;;/h4-9,12,18-19,21,28H,3,10-11,13-14H2,1-2H3;1H4;2*1H/t18?,19?,21-;;;/m0.../s1. The summed E-state index contributed by atoms with van der Waals surface area (Å²) in [5.41, 5.74) is 1.54. The van der Waals surface area contributed by atoms with Gasteiger partial charge in [0.2, 0.25) is 16.0 Å². The lowest BCUT2D eigenvalue weighted by Gasteiger charge is -2.38. The lowest BCUT2D eigenvalue weighted by molar-refractivity contribution is -0.153. The summed E-state index contributed by atoms with van der Waals surface area (Å²) in [6.07, 6.45) is -1.89. The number of ether oxygens (including phenoxy) is 1. The van der Waals surface area contributed by atoms with Crippen LogP contribution in [0.4, 0.5) is 17.6 Å². The number of nitrogens with zero attached hydrogens (tertiary/aromatic N) is 2. The first-order chi connectivity index (χ1) is 15.5. The van der Waals surface area contributed by atoms with Crippen LogP contribution in [0.15, 0.2) is 42.6 Å². The maximum Gasteiger partial charge on any atom is 0.408 e. The molecule has 206 valence electrons. The molecule has 2 aromatic rings. The largest absolute Gasteiger partial charge is 0.408 e. The van der Waals surface area contributed by atoms with Crippen LogP contribution in [0.5, 0.6) is 0 Å². The third kappa shape index (κ3) is 9.75. The van der Waals surface area contributed by atoms with E-state index in [0.29, 0.717) is 26.0 Å². The van der Waals surface area contributed by atoms with Crippen LogP contribution in [0.3, 0.4) is 0 Å². The van der Waals surface area contributed by atoms with Crippen LogP contribution in [0, 0.1) is 5.95 Å². The Bertz CT molecular complexity index is 1030. The van der Waals surface area contributed by atoms with Gasteiger partial charge in [-0.2, -0.15) is 22.3 Å². The van der Waals surface area contributed by atoms with E-state index in [1.807, 2.05) is 6.92 Å². The van der Waals surface area contributed by atoms with Crippen LogP contribution in [-0.4, -0.2) is 56.5 Å². The van der Waals surface area contributed by atoms with Crippen molar-refractivity contribution >= 4 is 34.8 Å². The minimum absolute atomic E-state index is 0. The molecule has 6 nitrogen and oxygen atoms in total. The Morgan fingerprint density at radius 1 is 1.17 bits per heavy atom. The van der Waals surface area contributed by atoms with Crippen LogP contribution in [0.2, 0.25) is 0 Å². The summed E-state index contributed by atoms with van der Waals surface area (Å²) in [5, 5.41) is 0. The molecule has 0 radical (unpaired) electrons. The van der Waals surface area contributed by atoms with E-state index < -0.39 is 28.2 Å². The molecule has 1 aliphatic heterocycles. The number of halogens is 6. The number of piperidine rings is 1. The van der Waals surface area contributed by atoms with E-state index in [-0.39, 0.29) is 49.8 Å². The number of sulfonamides is 1. The molecule has 1 saturated heterocycles. The quantitative estimate of drug-likeness (QED) is 0.343. The summed E-state index contributed by atoms with van der Waals surface area (Å²) in [6.45, 7) is 4.27. The number of hydrogen-bond donors (Lipinski definition) is 1. The Hall–Kier alpha value is -1.50. The van der Waals surface area contributed by atoms with Crippen molar-refractivity contribution in [2.24, 2.45) is 0 Å². The second kappa shape index (κ2) is 14.4. The molecule has 1 N–H and O–H groups in total. The number of pyridine rings is 1. The highest BCUT2D eigenvalue weighted by molar-refractivity contribution is 7.88. The first-order valence-electron chi connectivity index (χ1n) is 10.5. The van der Waals surface area contributed by atoms with E-state index in [0.717, 1.165) is 24.1 Å². The number of likely N-dealkylation sites (tertiary alicyclic amines) is 1. The Labute approximate surface area is 222 Å². The van der Waals surface area contributed by atoms with Gasteiger partial charge in [-0.3, -0.25) is 4.90 Å². The van der Waals surface area contributed by atoms with Crippen molar-refractivity contribution < 1.29 is 30.7 Å². The molecule has 0 aliphatic carbocycles. The van der Waals surface area contributed by atoms with E-state index in [2.05, 4.69) is 9.88 Å². The number of rotatable bonds is 8. The fourth-order valence-corrected chi connectivity index (χ4v) is 4.80. The molecule has 1 aromatic carbocycles. The molecular weight excluding hydrogens is 545 g/mol. The molecule has 3 rings (SSSR count). The molecule has 13 heteroatoms. The average Bonchev–Trinajstić information content (AvgIpc) is 2.73. The van der Waals surface area contributed by atoms with Gasteiger partial charge < -0.3 is 4.74 Å². The number of benzene rings is 1. The highest BCUT2D eigenvalue weighted by atomic mass is 35.5. The molecule has 2 unspecified atom stereocenters. The van der Waals surface area contributed by atoms with Crippen LogP contribution in [0.1, 0.15) is 49.4 Å². The van der Waals surface area contributed by atoms with E-state index in [1.165, 1.54) is 24.4 Å². The predicted molar refractivity (Wildman–Crippen MR) is 137 cm³/mol. The maximum atomic E-state index is 13.3. The van der Waals surface area contributed by atoms with Crippen LogP contribution < -0.4 is 4.72 Å². The minimum atomic E-state index is -4.76. The van der Waals surface area contributed by atoms with Crippen LogP contribution in [-0.2, 0) is 21.3 Å². The fraction of sp³-hybridized carbons (Fsp3) is 0.522. The average molecular weight is 579 g/mol. The van der Waals surface area contributed by atoms with Gasteiger partial charge in [-0.1, -0.05) is 37.8 Å². The third-order valence-corrected chi connectivity index (χ3v) is 6.24. The Balaban J connectivity index is 0.00000408. The summed E-state index contributed by atoms with van der Waals surface area (Å²) >= 11 is 0. The molecule has 0 amide bonds. The first-order valence-corrected chi connectivity index (χ1v) is 12.4. The van der Waals surface area contributed by atoms with Crippen molar-refractivity contribution in [3.63, 3.8) is 0 Å². The number of nitrogens with one attached hydrogen (secondary N) is 1. The number of alkyl halides is 3. The number of hydrogen-bond acceptors (Lipinski definition) is 5. The second-order valence-corrected chi connectivity index (χ2v) is 9.92. The van der Waals surface area contributed by atoms with Gasteiger partial charge in [0.25, 0.3) is 0 Å². The number of aromatic nitrogens is 1. The molecule has 0 spiro atoms. The van der Waals surface area contributed by atoms with Crippen molar-refractivity contribution in [1.29, 1.82) is 0 Å². The summed E-state index contributed by atoms with van der Waals surface area (Å²) in [6, 6.07) is 6.48. The molecule has 1 aromatic heterocycles. The van der Waals surface area contributed by atoms with Crippen LogP contribution in [0.25, 0.3) is 0 Å². The van der Waals surface area contributed by atoms with Gasteiger partial charge in [-0.25, -0.2) is 13.4 Å². The van der Waals surface area contributed by atoms with Crippen LogP contribution >= 0.6 is 24.8 Å². The second-order valence-electron chi connectivity index (χ2n) is 8.14. The molecule has 0 bridgehead atoms. The van der Waals surface area contributed by atoms with E-state index in [9.17, 15) is 26.0 Å². The van der Waals surface area contributed by atoms with Gasteiger partial charge in [0.05, 0.1) is 12.4 Å². The van der Waals surface area contributed by atoms with Gasteiger partial charge in [-0.05, 0) is 42.6 Å². The molecule has 3 atom stereocenters. The van der Waals surface area contributed by atoms with Gasteiger partial charge in [0, 0.05) is 31.8 Å². The van der Waals surface area contributed by atoms with Crippen molar-refractivity contribution in [2.45, 2.75) is 51.6 Å². The molecule has 2 heterocycles. The first kappa shape index (κ1) is 34.5. The lowest BCUT2D eigenvalue weighted by Crippen LogP contribution is -2.43. The Kier molecular flexibility index (Phi) is 13.8. The highest BCUT2D eigenvalue weighted by Gasteiger charge is 2.42. The molecule has 0 saturated carbocycles. The van der Waals surface area contributed by atoms with Crippen molar-refractivity contribution in [3.05, 3.63) is 65.2 Å².